The Morgan fingerprint density at radius 3 is 1.03 bits per heavy atom. The molecule has 0 aliphatic heterocycles. The van der Waals surface area contributed by atoms with Crippen molar-refractivity contribution in [1.82, 2.24) is 0 Å². The Balaban J connectivity index is 3.01. The summed E-state index contributed by atoms with van der Waals surface area (Å²) in [5.74, 6) is -0.302. The number of unbranched alkanes of at least 4 members (excludes halogenated alkanes) is 7. The molecular weight excluding hydrogens is 456 g/mol. The van der Waals surface area contributed by atoms with Gasteiger partial charge in [0, 0.05) is 13.5 Å². The molecule has 0 rings (SSSR count). The smallest absolute Gasteiger partial charge is 0.302 e. The van der Waals surface area contributed by atoms with Crippen molar-refractivity contribution in [2.75, 3.05) is 99.1 Å². The van der Waals surface area contributed by atoms with E-state index in [0.717, 1.165) is 13.0 Å². The molecule has 9 nitrogen and oxygen atoms in total. The van der Waals surface area contributed by atoms with E-state index in [0.29, 0.717) is 85.9 Å². The van der Waals surface area contributed by atoms with Crippen LogP contribution in [0.4, 0.5) is 0 Å². The van der Waals surface area contributed by atoms with Gasteiger partial charge < -0.3 is 37.9 Å². The van der Waals surface area contributed by atoms with E-state index in [9.17, 15) is 4.79 Å². The predicted molar refractivity (Wildman–Crippen MR) is 135 cm³/mol. The molecular formula is C26H52O9. The first-order chi connectivity index (χ1) is 17.3. The van der Waals surface area contributed by atoms with Crippen LogP contribution in [0.5, 0.6) is 0 Å². The van der Waals surface area contributed by atoms with Crippen LogP contribution in [0.1, 0.15) is 65.2 Å². The van der Waals surface area contributed by atoms with Crippen molar-refractivity contribution in [2.24, 2.45) is 0 Å². The molecule has 0 bridgehead atoms. The summed E-state index contributed by atoms with van der Waals surface area (Å²) in [6, 6.07) is 0. The second kappa shape index (κ2) is 31.2. The van der Waals surface area contributed by atoms with Crippen molar-refractivity contribution >= 4 is 5.97 Å². The fourth-order valence-electron chi connectivity index (χ4n) is 3.00. The van der Waals surface area contributed by atoms with Gasteiger partial charge in [-0.1, -0.05) is 51.9 Å². The largest absolute Gasteiger partial charge is 0.463 e. The highest BCUT2D eigenvalue weighted by atomic mass is 16.6. The highest BCUT2D eigenvalue weighted by Gasteiger charge is 1.96. The Labute approximate surface area is 213 Å². The highest BCUT2D eigenvalue weighted by molar-refractivity contribution is 5.65. The average molecular weight is 509 g/mol. The number of rotatable bonds is 30. The Hall–Kier alpha value is -0.810. The van der Waals surface area contributed by atoms with E-state index in [1.165, 1.54) is 51.9 Å². The monoisotopic (exact) mass is 508 g/mol. The second-order valence-electron chi connectivity index (χ2n) is 8.10. The fraction of sp³-hybridized carbons (Fsp3) is 0.962. The molecule has 0 aromatic heterocycles. The number of esters is 1. The van der Waals surface area contributed by atoms with E-state index in [1.807, 2.05) is 0 Å². The molecule has 0 radical (unpaired) electrons. The maximum Gasteiger partial charge on any atom is 0.302 e. The van der Waals surface area contributed by atoms with Crippen molar-refractivity contribution in [1.29, 1.82) is 0 Å². The first kappa shape index (κ1) is 34.2. The van der Waals surface area contributed by atoms with Crippen LogP contribution < -0.4 is 0 Å². The maximum absolute atomic E-state index is 10.6. The van der Waals surface area contributed by atoms with E-state index >= 15 is 0 Å². The molecule has 0 spiro atoms. The lowest BCUT2D eigenvalue weighted by Crippen LogP contribution is -2.15. The van der Waals surface area contributed by atoms with Crippen LogP contribution in [0.25, 0.3) is 0 Å². The van der Waals surface area contributed by atoms with Crippen molar-refractivity contribution in [3.05, 3.63) is 0 Å². The van der Waals surface area contributed by atoms with E-state index in [2.05, 4.69) is 6.92 Å². The molecule has 0 saturated carbocycles. The summed E-state index contributed by atoms with van der Waals surface area (Å²) in [6.07, 6.45) is 10.5. The van der Waals surface area contributed by atoms with Crippen LogP contribution in [-0.4, -0.2) is 105 Å². The number of hydrogen-bond acceptors (Lipinski definition) is 9. The van der Waals surface area contributed by atoms with Gasteiger partial charge in [-0.15, -0.1) is 0 Å². The van der Waals surface area contributed by atoms with Gasteiger partial charge >= 0.3 is 5.97 Å². The maximum atomic E-state index is 10.6. The Bertz CT molecular complexity index is 410. The number of carbonyl (C=O) groups excluding carboxylic acids is 1. The number of ether oxygens (including phenoxy) is 8. The van der Waals surface area contributed by atoms with Gasteiger partial charge in [-0.25, -0.2) is 0 Å². The lowest BCUT2D eigenvalue weighted by molar-refractivity contribution is -0.142. The lowest BCUT2D eigenvalue weighted by Gasteiger charge is -2.08. The van der Waals surface area contributed by atoms with Gasteiger partial charge in [0.15, 0.2) is 0 Å². The Morgan fingerprint density at radius 2 is 0.686 bits per heavy atom. The highest BCUT2D eigenvalue weighted by Crippen LogP contribution is 2.08. The quantitative estimate of drug-likeness (QED) is 0.106. The summed E-state index contributed by atoms with van der Waals surface area (Å²) in [4.78, 5) is 10.6. The zero-order chi connectivity index (χ0) is 25.5. The van der Waals surface area contributed by atoms with Crippen LogP contribution in [0, 0.1) is 0 Å². The van der Waals surface area contributed by atoms with Gasteiger partial charge in [-0.05, 0) is 6.42 Å². The molecule has 0 aromatic carbocycles. The summed E-state index contributed by atoms with van der Waals surface area (Å²) in [7, 11) is 0. The molecule has 210 valence electrons. The summed E-state index contributed by atoms with van der Waals surface area (Å²) >= 11 is 0. The van der Waals surface area contributed by atoms with E-state index < -0.39 is 0 Å². The second-order valence-corrected chi connectivity index (χ2v) is 8.10. The Kier molecular flexibility index (Phi) is 30.5. The van der Waals surface area contributed by atoms with Gasteiger partial charge in [0.05, 0.1) is 85.9 Å². The van der Waals surface area contributed by atoms with Crippen LogP contribution >= 0.6 is 0 Å². The first-order valence-corrected chi connectivity index (χ1v) is 13.4. The zero-order valence-corrected chi connectivity index (χ0v) is 22.4. The summed E-state index contributed by atoms with van der Waals surface area (Å²) in [5, 5.41) is 0. The minimum absolute atomic E-state index is 0.270. The molecule has 0 atom stereocenters. The molecule has 35 heavy (non-hydrogen) atoms. The zero-order valence-electron chi connectivity index (χ0n) is 22.4. The summed E-state index contributed by atoms with van der Waals surface area (Å²) in [6.45, 7) is 11.6. The molecule has 0 saturated heterocycles. The molecule has 0 N–H and O–H groups in total. The van der Waals surface area contributed by atoms with Gasteiger partial charge in [-0.3, -0.25) is 4.79 Å². The minimum Gasteiger partial charge on any atom is -0.463 e. The van der Waals surface area contributed by atoms with Crippen LogP contribution in [-0.2, 0) is 42.7 Å². The molecule has 0 unspecified atom stereocenters. The fourth-order valence-corrected chi connectivity index (χ4v) is 3.00. The predicted octanol–water partition coefficient (Wildman–Crippen LogP) is 3.81. The van der Waals surface area contributed by atoms with Crippen molar-refractivity contribution in [2.45, 2.75) is 65.2 Å². The van der Waals surface area contributed by atoms with Crippen molar-refractivity contribution in [3.8, 4) is 0 Å². The van der Waals surface area contributed by atoms with Gasteiger partial charge in [0.2, 0.25) is 0 Å². The standard InChI is InChI=1S/C26H52O9/c1-3-4-5-6-7-8-9-10-11-28-12-13-29-14-15-30-16-17-31-18-19-32-20-21-33-22-23-34-24-25-35-26(2)27/h3-25H2,1-2H3. The van der Waals surface area contributed by atoms with E-state index in [-0.39, 0.29) is 12.6 Å². The number of carbonyl (C=O) groups is 1. The molecule has 0 aliphatic carbocycles. The molecule has 9 heteroatoms. The third kappa shape index (κ3) is 33.2. The minimum atomic E-state index is -0.302. The van der Waals surface area contributed by atoms with E-state index in [1.54, 1.807) is 0 Å². The third-order valence-corrected chi connectivity index (χ3v) is 4.91. The topological polar surface area (TPSA) is 90.9 Å². The van der Waals surface area contributed by atoms with Crippen LogP contribution in [0.15, 0.2) is 0 Å². The summed E-state index contributed by atoms with van der Waals surface area (Å²) < 4.78 is 42.8. The molecule has 0 fully saturated rings. The lowest BCUT2D eigenvalue weighted by atomic mass is 10.1. The number of hydrogen-bond donors (Lipinski definition) is 0. The van der Waals surface area contributed by atoms with Gasteiger partial charge in [-0.2, -0.15) is 0 Å². The Morgan fingerprint density at radius 1 is 0.400 bits per heavy atom. The summed E-state index contributed by atoms with van der Waals surface area (Å²) in [5.41, 5.74) is 0. The van der Waals surface area contributed by atoms with Crippen LogP contribution in [0.2, 0.25) is 0 Å². The molecule has 0 amide bonds. The molecule has 0 aromatic rings. The van der Waals surface area contributed by atoms with Crippen molar-refractivity contribution < 1.29 is 42.7 Å². The normalized spacial score (nSPS) is 11.3. The van der Waals surface area contributed by atoms with Crippen molar-refractivity contribution in [3.63, 3.8) is 0 Å². The molecule has 0 heterocycles. The van der Waals surface area contributed by atoms with Gasteiger partial charge in [0.25, 0.3) is 0 Å². The average Bonchev–Trinajstić information content (AvgIpc) is 2.85. The van der Waals surface area contributed by atoms with Crippen LogP contribution in [0.3, 0.4) is 0 Å². The molecule has 0 aliphatic rings. The van der Waals surface area contributed by atoms with E-state index in [4.69, 9.17) is 37.9 Å². The third-order valence-electron chi connectivity index (χ3n) is 4.91. The van der Waals surface area contributed by atoms with Gasteiger partial charge in [0.1, 0.15) is 6.61 Å². The SMILES string of the molecule is CCCCCCCCCCOCCOCCOCCOCCOCCOCCOCCOC(C)=O. The first-order valence-electron chi connectivity index (χ1n) is 13.4.